The Bertz CT molecular complexity index is 853. The molecule has 0 radical (unpaired) electrons. The topological polar surface area (TPSA) is 49.1 Å². The average molecular weight is 485 g/mol. The van der Waals surface area contributed by atoms with Crippen LogP contribution < -0.4 is 4.90 Å². The summed E-state index contributed by atoms with van der Waals surface area (Å²) in [5, 5.41) is 0.638. The number of nitrogens with zero attached hydrogens (tertiary/aromatic N) is 3. The summed E-state index contributed by atoms with van der Waals surface area (Å²) in [4.78, 5) is 21.1. The first-order chi connectivity index (χ1) is 11.8. The Kier molecular flexibility index (Phi) is 5.41. The highest BCUT2D eigenvalue weighted by molar-refractivity contribution is 9.13. The van der Waals surface area contributed by atoms with Gasteiger partial charge in [0.25, 0.3) is 5.91 Å². The fraction of sp³-hybridized carbons (Fsp3) is 0.176. The van der Waals surface area contributed by atoms with Gasteiger partial charge in [-0.3, -0.25) is 9.69 Å². The number of anilines is 1. The zero-order valence-corrected chi connectivity index (χ0v) is 17.8. The number of hydrogen-bond acceptors (Lipinski definition) is 5. The lowest BCUT2D eigenvalue weighted by Crippen LogP contribution is -2.23. The van der Waals surface area contributed by atoms with Crippen molar-refractivity contribution >= 4 is 72.1 Å². The van der Waals surface area contributed by atoms with Crippen molar-refractivity contribution in [2.75, 3.05) is 26.0 Å². The molecule has 2 aromatic rings. The van der Waals surface area contributed by atoms with E-state index < -0.39 is 0 Å². The standard InChI is InChI=1S/C17H15Br2N3O2S/c1-21(2)11-6-4-10(5-7-11)20-17-22(3)16(23)14(25-17)9-12-8-13(18)15(19)24-12/h4-9H,1-3H3/b14-9-,20-17?. The summed E-state index contributed by atoms with van der Waals surface area (Å²) in [6.07, 6.45) is 1.72. The smallest absolute Gasteiger partial charge is 0.266 e. The summed E-state index contributed by atoms with van der Waals surface area (Å²) in [6.45, 7) is 0. The van der Waals surface area contributed by atoms with Crippen molar-refractivity contribution in [3.8, 4) is 0 Å². The van der Waals surface area contributed by atoms with Gasteiger partial charge >= 0.3 is 0 Å². The number of halogens is 2. The number of amidine groups is 1. The summed E-state index contributed by atoms with van der Waals surface area (Å²) in [5.41, 5.74) is 1.90. The Balaban J connectivity index is 1.85. The maximum absolute atomic E-state index is 12.4. The van der Waals surface area contributed by atoms with E-state index in [1.165, 1.54) is 11.8 Å². The normalized spacial score (nSPS) is 17.8. The SMILES string of the molecule is CN1C(=O)/C(=C/c2cc(Br)c(Br)o2)SC1=Nc1ccc(N(C)C)cc1. The third kappa shape index (κ3) is 4.02. The van der Waals surface area contributed by atoms with Crippen molar-refractivity contribution in [2.45, 2.75) is 0 Å². The van der Waals surface area contributed by atoms with Gasteiger partial charge in [-0.15, -0.1) is 0 Å². The Labute approximate surface area is 167 Å². The number of thioether (sulfide) groups is 1. The van der Waals surface area contributed by atoms with Gasteiger partial charge in [0.2, 0.25) is 0 Å². The molecule has 25 heavy (non-hydrogen) atoms. The Morgan fingerprint density at radius 2 is 1.92 bits per heavy atom. The first kappa shape index (κ1) is 18.3. The maximum Gasteiger partial charge on any atom is 0.266 e. The minimum Gasteiger partial charge on any atom is -0.449 e. The Morgan fingerprint density at radius 3 is 2.48 bits per heavy atom. The quantitative estimate of drug-likeness (QED) is 0.568. The van der Waals surface area contributed by atoms with Crippen LogP contribution in [0.3, 0.4) is 0 Å². The van der Waals surface area contributed by atoms with Crippen LogP contribution in [0.2, 0.25) is 0 Å². The van der Waals surface area contributed by atoms with E-state index in [0.717, 1.165) is 15.8 Å². The second kappa shape index (κ2) is 7.39. The van der Waals surface area contributed by atoms with Gasteiger partial charge in [-0.2, -0.15) is 0 Å². The number of hydrogen-bond donors (Lipinski definition) is 0. The summed E-state index contributed by atoms with van der Waals surface area (Å²) < 4.78 is 6.91. The number of furan rings is 1. The van der Waals surface area contributed by atoms with Gasteiger partial charge in [-0.25, -0.2) is 4.99 Å². The molecule has 1 aliphatic heterocycles. The Hall–Kier alpha value is -1.51. The van der Waals surface area contributed by atoms with Crippen molar-refractivity contribution in [3.05, 3.63) is 50.1 Å². The average Bonchev–Trinajstić information content (AvgIpc) is 3.02. The molecule has 0 atom stereocenters. The van der Waals surface area contributed by atoms with Crippen LogP contribution >= 0.6 is 43.6 Å². The monoisotopic (exact) mass is 483 g/mol. The zero-order valence-electron chi connectivity index (χ0n) is 13.8. The second-order valence-electron chi connectivity index (χ2n) is 5.55. The molecular weight excluding hydrogens is 470 g/mol. The van der Waals surface area contributed by atoms with E-state index in [2.05, 4.69) is 36.9 Å². The van der Waals surface area contributed by atoms with Gasteiger partial charge in [0.1, 0.15) is 5.76 Å². The third-order valence-corrected chi connectivity index (χ3v) is 6.30. The summed E-state index contributed by atoms with van der Waals surface area (Å²) in [7, 11) is 5.70. The van der Waals surface area contributed by atoms with Crippen molar-refractivity contribution in [2.24, 2.45) is 4.99 Å². The number of likely N-dealkylation sites (N-methyl/N-ethyl adjacent to an activating group) is 1. The minimum atomic E-state index is -0.0997. The van der Waals surface area contributed by atoms with Gasteiger partial charge in [-0.1, -0.05) is 0 Å². The Morgan fingerprint density at radius 1 is 1.24 bits per heavy atom. The molecule has 0 aliphatic carbocycles. The van der Waals surface area contributed by atoms with Crippen LogP contribution in [0.15, 0.2) is 53.8 Å². The first-order valence-corrected chi connectivity index (χ1v) is 9.74. The van der Waals surface area contributed by atoms with E-state index in [-0.39, 0.29) is 5.91 Å². The molecule has 1 amide bonds. The fourth-order valence-corrected chi connectivity index (χ4v) is 3.73. The highest BCUT2D eigenvalue weighted by Gasteiger charge is 2.30. The second-order valence-corrected chi connectivity index (χ2v) is 8.13. The van der Waals surface area contributed by atoms with Gasteiger partial charge in [-0.05, 0) is 74.0 Å². The van der Waals surface area contributed by atoms with Crippen LogP contribution in [0.25, 0.3) is 6.08 Å². The molecular formula is C17H15Br2N3O2S. The molecule has 8 heteroatoms. The molecule has 0 saturated carbocycles. The summed E-state index contributed by atoms with van der Waals surface area (Å²) in [6, 6.07) is 9.67. The van der Waals surface area contributed by atoms with Crippen LogP contribution in [0.1, 0.15) is 5.76 Å². The zero-order chi connectivity index (χ0) is 18.1. The van der Waals surface area contributed by atoms with Crippen molar-refractivity contribution in [3.63, 3.8) is 0 Å². The third-order valence-electron chi connectivity index (χ3n) is 3.53. The number of benzene rings is 1. The minimum absolute atomic E-state index is 0.0997. The number of rotatable bonds is 3. The van der Waals surface area contributed by atoms with Crippen molar-refractivity contribution in [1.29, 1.82) is 0 Å². The van der Waals surface area contributed by atoms with E-state index in [1.807, 2.05) is 43.3 Å². The molecule has 0 bridgehead atoms. The van der Waals surface area contributed by atoms with E-state index in [0.29, 0.717) is 20.5 Å². The number of carbonyl (C=O) groups is 1. The molecule has 0 N–H and O–H groups in total. The van der Waals surface area contributed by atoms with Crippen LogP contribution in [0.5, 0.6) is 0 Å². The highest BCUT2D eigenvalue weighted by Crippen LogP contribution is 2.35. The van der Waals surface area contributed by atoms with E-state index in [9.17, 15) is 4.79 Å². The predicted molar refractivity (Wildman–Crippen MR) is 110 cm³/mol. The number of amides is 1. The molecule has 1 aliphatic rings. The lowest BCUT2D eigenvalue weighted by molar-refractivity contribution is -0.121. The van der Waals surface area contributed by atoms with Crippen LogP contribution in [-0.2, 0) is 4.79 Å². The maximum atomic E-state index is 12.4. The predicted octanol–water partition coefficient (Wildman–Crippen LogP) is 5.10. The van der Waals surface area contributed by atoms with Gasteiger partial charge in [0, 0.05) is 32.9 Å². The molecule has 2 heterocycles. The molecule has 3 rings (SSSR count). The molecule has 1 aromatic heterocycles. The van der Waals surface area contributed by atoms with Gasteiger partial charge < -0.3 is 9.32 Å². The molecule has 0 unspecified atom stereocenters. The van der Waals surface area contributed by atoms with Crippen molar-refractivity contribution in [1.82, 2.24) is 4.90 Å². The van der Waals surface area contributed by atoms with Gasteiger partial charge in [0.05, 0.1) is 15.1 Å². The lowest BCUT2D eigenvalue weighted by atomic mass is 10.3. The van der Waals surface area contributed by atoms with Crippen LogP contribution in [0, 0.1) is 0 Å². The molecule has 1 saturated heterocycles. The molecule has 1 aromatic carbocycles. The molecule has 5 nitrogen and oxygen atoms in total. The van der Waals surface area contributed by atoms with Gasteiger partial charge in [0.15, 0.2) is 9.84 Å². The lowest BCUT2D eigenvalue weighted by Gasteiger charge is -2.12. The molecule has 1 fully saturated rings. The van der Waals surface area contributed by atoms with E-state index >= 15 is 0 Å². The first-order valence-electron chi connectivity index (χ1n) is 7.33. The highest BCUT2D eigenvalue weighted by atomic mass is 79.9. The van der Waals surface area contributed by atoms with E-state index in [1.54, 1.807) is 24.1 Å². The number of carbonyl (C=O) groups excluding carboxylic acids is 1. The molecule has 130 valence electrons. The number of aliphatic imine (C=N–C) groups is 1. The van der Waals surface area contributed by atoms with Crippen LogP contribution in [-0.4, -0.2) is 37.1 Å². The molecule has 0 spiro atoms. The van der Waals surface area contributed by atoms with Crippen molar-refractivity contribution < 1.29 is 9.21 Å². The fourth-order valence-electron chi connectivity index (χ4n) is 2.15. The summed E-state index contributed by atoms with van der Waals surface area (Å²) >= 11 is 7.99. The van der Waals surface area contributed by atoms with Crippen LogP contribution in [0.4, 0.5) is 11.4 Å². The largest absolute Gasteiger partial charge is 0.449 e. The summed E-state index contributed by atoms with van der Waals surface area (Å²) in [5.74, 6) is 0.497. The van der Waals surface area contributed by atoms with E-state index in [4.69, 9.17) is 4.42 Å².